The first-order valence-corrected chi connectivity index (χ1v) is 21.1. The minimum atomic E-state index is -0.834. The third-order valence-electron chi connectivity index (χ3n) is 9.68. The molecule has 4 nitrogen and oxygen atoms in total. The van der Waals surface area contributed by atoms with Crippen molar-refractivity contribution in [2.45, 2.75) is 238 Å². The highest BCUT2D eigenvalue weighted by molar-refractivity contribution is 5.76. The molecule has 0 unspecified atom stereocenters. The first-order valence-electron chi connectivity index (χ1n) is 21.1. The summed E-state index contributed by atoms with van der Waals surface area (Å²) in [6, 6.07) is -0.617. The lowest BCUT2D eigenvalue weighted by molar-refractivity contribution is -0.123. The van der Waals surface area contributed by atoms with Gasteiger partial charge in [0.25, 0.3) is 0 Å². The van der Waals surface area contributed by atoms with E-state index < -0.39 is 12.1 Å². The summed E-state index contributed by atoms with van der Waals surface area (Å²) in [6.45, 7) is 4.30. The summed E-state index contributed by atoms with van der Waals surface area (Å²) >= 11 is 0. The van der Waals surface area contributed by atoms with Crippen LogP contribution in [0.2, 0.25) is 0 Å². The van der Waals surface area contributed by atoms with Crippen molar-refractivity contribution in [3.63, 3.8) is 0 Å². The molecule has 2 atom stereocenters. The fourth-order valence-corrected chi connectivity index (χ4v) is 6.41. The molecule has 1 amide bonds. The quantitative estimate of drug-likeness (QED) is 0.0455. The molecule has 0 spiro atoms. The Labute approximate surface area is 294 Å². The molecule has 0 fully saturated rings. The van der Waals surface area contributed by atoms with Crippen molar-refractivity contribution < 1.29 is 15.0 Å². The number of rotatable bonds is 38. The van der Waals surface area contributed by atoms with E-state index in [9.17, 15) is 15.0 Å². The Balaban J connectivity index is 3.51. The number of unbranched alkanes of at least 4 members (excludes halogenated alkanes) is 29. The lowest BCUT2D eigenvalue weighted by Gasteiger charge is -2.20. The normalized spacial score (nSPS) is 13.2. The molecule has 0 saturated carbocycles. The van der Waals surface area contributed by atoms with Crippen molar-refractivity contribution in [1.29, 1.82) is 0 Å². The van der Waals surface area contributed by atoms with Crippen LogP contribution in [0.15, 0.2) is 24.3 Å². The second kappa shape index (κ2) is 39.3. The number of carbonyl (C=O) groups excluding carboxylic acids is 1. The summed E-state index contributed by atoms with van der Waals surface area (Å²) in [5, 5.41) is 22.9. The largest absolute Gasteiger partial charge is 0.394 e. The molecule has 0 aliphatic heterocycles. The highest BCUT2D eigenvalue weighted by Crippen LogP contribution is 2.15. The van der Waals surface area contributed by atoms with Crippen molar-refractivity contribution in [3.8, 4) is 0 Å². The number of amides is 1. The van der Waals surface area contributed by atoms with Crippen LogP contribution in [0.1, 0.15) is 226 Å². The van der Waals surface area contributed by atoms with Gasteiger partial charge in [-0.05, 0) is 44.9 Å². The molecule has 0 heterocycles. The SMILES string of the molecule is CCCCCCCC/C=C/CCCCCCCCCCCCCCCC(=O)N[C@@H](CO)[C@H](O)/C=C/CCCCCCCCCCCC. The van der Waals surface area contributed by atoms with E-state index in [1.165, 1.54) is 180 Å². The van der Waals surface area contributed by atoms with E-state index in [0.717, 1.165) is 25.7 Å². The molecule has 47 heavy (non-hydrogen) atoms. The van der Waals surface area contributed by atoms with E-state index in [1.807, 2.05) is 6.08 Å². The number of carbonyl (C=O) groups is 1. The highest BCUT2D eigenvalue weighted by Gasteiger charge is 2.17. The molecule has 0 bridgehead atoms. The van der Waals surface area contributed by atoms with Crippen molar-refractivity contribution in [2.24, 2.45) is 0 Å². The van der Waals surface area contributed by atoms with Crippen LogP contribution in [0.5, 0.6) is 0 Å². The van der Waals surface area contributed by atoms with E-state index in [2.05, 4.69) is 31.3 Å². The number of allylic oxidation sites excluding steroid dienone is 3. The number of hydrogen-bond donors (Lipinski definition) is 3. The molecule has 3 N–H and O–H groups in total. The smallest absolute Gasteiger partial charge is 0.220 e. The number of hydrogen-bond acceptors (Lipinski definition) is 3. The van der Waals surface area contributed by atoms with Crippen LogP contribution in [-0.4, -0.2) is 34.9 Å². The Kier molecular flexibility index (Phi) is 38.4. The minimum Gasteiger partial charge on any atom is -0.394 e. The van der Waals surface area contributed by atoms with Crippen molar-refractivity contribution >= 4 is 5.91 Å². The molecule has 278 valence electrons. The van der Waals surface area contributed by atoms with E-state index in [0.29, 0.717) is 6.42 Å². The minimum absolute atomic E-state index is 0.0637. The third-order valence-corrected chi connectivity index (χ3v) is 9.68. The van der Waals surface area contributed by atoms with Crippen molar-refractivity contribution in [2.75, 3.05) is 6.61 Å². The zero-order valence-electron chi connectivity index (χ0n) is 31.8. The van der Waals surface area contributed by atoms with Crippen LogP contribution in [0.25, 0.3) is 0 Å². The Bertz CT molecular complexity index is 676. The molecular weight excluding hydrogens is 578 g/mol. The van der Waals surface area contributed by atoms with E-state index in [4.69, 9.17) is 0 Å². The summed E-state index contributed by atoms with van der Waals surface area (Å²) in [5.41, 5.74) is 0. The fraction of sp³-hybridized carbons (Fsp3) is 0.884. The zero-order chi connectivity index (χ0) is 34.3. The average molecular weight is 662 g/mol. The molecule has 0 aromatic carbocycles. The first kappa shape index (κ1) is 45.9. The third kappa shape index (κ3) is 36.0. The van der Waals surface area contributed by atoms with Gasteiger partial charge in [-0.2, -0.15) is 0 Å². The van der Waals surface area contributed by atoms with Gasteiger partial charge in [0.15, 0.2) is 0 Å². The molecule has 0 radical (unpaired) electrons. The number of nitrogens with one attached hydrogen (secondary N) is 1. The predicted octanol–water partition coefficient (Wildman–Crippen LogP) is 12.8. The van der Waals surface area contributed by atoms with Gasteiger partial charge in [0.1, 0.15) is 0 Å². The monoisotopic (exact) mass is 662 g/mol. The maximum absolute atomic E-state index is 12.3. The fourth-order valence-electron chi connectivity index (χ4n) is 6.41. The summed E-state index contributed by atoms with van der Waals surface area (Å²) in [4.78, 5) is 12.3. The van der Waals surface area contributed by atoms with Crippen LogP contribution in [-0.2, 0) is 4.79 Å². The van der Waals surface area contributed by atoms with Crippen molar-refractivity contribution in [3.05, 3.63) is 24.3 Å². The maximum atomic E-state index is 12.3. The topological polar surface area (TPSA) is 69.6 Å². The van der Waals surface area contributed by atoms with Gasteiger partial charge >= 0.3 is 0 Å². The van der Waals surface area contributed by atoms with Crippen LogP contribution < -0.4 is 5.32 Å². The van der Waals surface area contributed by atoms with E-state index in [-0.39, 0.29) is 12.5 Å². The maximum Gasteiger partial charge on any atom is 0.220 e. The molecule has 0 aliphatic carbocycles. The molecule has 0 aromatic heterocycles. The summed E-state index contributed by atoms with van der Waals surface area (Å²) in [7, 11) is 0. The van der Waals surface area contributed by atoms with Gasteiger partial charge in [-0.3, -0.25) is 4.79 Å². The first-order chi connectivity index (χ1) is 23.2. The average Bonchev–Trinajstić information content (AvgIpc) is 3.07. The zero-order valence-corrected chi connectivity index (χ0v) is 31.8. The Hall–Kier alpha value is -1.13. The summed E-state index contributed by atoms with van der Waals surface area (Å²) in [6.07, 6.45) is 49.9. The van der Waals surface area contributed by atoms with E-state index in [1.54, 1.807) is 6.08 Å². The Morgan fingerprint density at radius 3 is 1.17 bits per heavy atom. The van der Waals surface area contributed by atoms with Gasteiger partial charge in [-0.1, -0.05) is 199 Å². The second-order valence-corrected chi connectivity index (χ2v) is 14.4. The lowest BCUT2D eigenvalue weighted by atomic mass is 10.0. The molecule has 0 saturated heterocycles. The van der Waals surface area contributed by atoms with Gasteiger partial charge in [0.05, 0.1) is 18.8 Å². The van der Waals surface area contributed by atoms with Gasteiger partial charge in [0.2, 0.25) is 5.91 Å². The number of aliphatic hydroxyl groups is 2. The molecular formula is C43H83NO3. The Morgan fingerprint density at radius 2 is 0.809 bits per heavy atom. The molecule has 0 aromatic rings. The standard InChI is InChI=1S/C43H83NO3/c1-3-5-7-9-11-13-15-17-18-19-20-21-22-23-24-25-26-27-29-31-33-35-37-39-43(47)44-41(40-45)42(46)38-36-34-32-30-28-16-14-12-10-8-6-4-2/h17-18,36,38,41-42,45-46H,3-16,19-35,37,39-40H2,1-2H3,(H,44,47)/b18-17+,38-36+/t41-,42+/m0/s1. The van der Waals surface area contributed by atoms with Crippen LogP contribution in [0.4, 0.5) is 0 Å². The second-order valence-electron chi connectivity index (χ2n) is 14.4. The lowest BCUT2D eigenvalue weighted by Crippen LogP contribution is -2.45. The Morgan fingerprint density at radius 1 is 0.489 bits per heavy atom. The van der Waals surface area contributed by atoms with Gasteiger partial charge in [-0.15, -0.1) is 0 Å². The highest BCUT2D eigenvalue weighted by atomic mass is 16.3. The summed E-state index contributed by atoms with van der Waals surface area (Å²) < 4.78 is 0. The summed E-state index contributed by atoms with van der Waals surface area (Å²) in [5.74, 6) is -0.0637. The number of aliphatic hydroxyl groups excluding tert-OH is 2. The van der Waals surface area contributed by atoms with Crippen LogP contribution >= 0.6 is 0 Å². The molecule has 0 rings (SSSR count). The van der Waals surface area contributed by atoms with Crippen LogP contribution in [0.3, 0.4) is 0 Å². The van der Waals surface area contributed by atoms with E-state index >= 15 is 0 Å². The van der Waals surface area contributed by atoms with Gasteiger partial charge in [0, 0.05) is 6.42 Å². The van der Waals surface area contributed by atoms with Crippen LogP contribution in [0, 0.1) is 0 Å². The molecule has 4 heteroatoms. The van der Waals surface area contributed by atoms with Gasteiger partial charge < -0.3 is 15.5 Å². The molecule has 0 aliphatic rings. The predicted molar refractivity (Wildman–Crippen MR) is 207 cm³/mol. The van der Waals surface area contributed by atoms with Crippen molar-refractivity contribution in [1.82, 2.24) is 5.32 Å². The van der Waals surface area contributed by atoms with Gasteiger partial charge in [-0.25, -0.2) is 0 Å².